The van der Waals surface area contributed by atoms with E-state index in [1.807, 2.05) is 19.9 Å². The van der Waals surface area contributed by atoms with E-state index in [9.17, 15) is 18.9 Å². The molecule has 0 aliphatic rings. The maximum atomic E-state index is 13.6. The molecule has 274 valence electrons. The van der Waals surface area contributed by atoms with Crippen molar-refractivity contribution in [2.24, 2.45) is 11.7 Å². The molecule has 4 aromatic rings. The lowest BCUT2D eigenvalue weighted by Crippen LogP contribution is -2.38. The predicted molar refractivity (Wildman–Crippen MR) is 189 cm³/mol. The molecule has 4 N–H and O–H groups in total. The van der Waals surface area contributed by atoms with Gasteiger partial charge in [0.05, 0.1) is 38.7 Å². The molecular formula is C35H45N6O9P. The van der Waals surface area contributed by atoms with Crippen molar-refractivity contribution >= 4 is 42.3 Å². The molecule has 4 rings (SSSR count). The van der Waals surface area contributed by atoms with Gasteiger partial charge >= 0.3 is 19.5 Å². The van der Waals surface area contributed by atoms with E-state index in [1.54, 1.807) is 66.3 Å². The number of carbonyl (C=O) groups excluding carboxylic acids is 3. The fourth-order valence-corrected chi connectivity index (χ4v) is 6.13. The Balaban J connectivity index is 1.24. The molecule has 0 radical (unpaired) electrons. The van der Waals surface area contributed by atoms with Crippen LogP contribution in [0.25, 0.3) is 11.2 Å². The summed E-state index contributed by atoms with van der Waals surface area (Å²) in [7, 11) is -3.84. The Kier molecular flexibility index (Phi) is 14.8. The number of nitrogens with zero attached hydrogens (tertiary/aromatic N) is 4. The highest BCUT2D eigenvalue weighted by molar-refractivity contribution is 7.53. The van der Waals surface area contributed by atoms with E-state index < -0.39 is 37.8 Å². The number of rotatable bonds is 21. The maximum Gasteiger partial charge on any atom is 0.356 e. The Bertz CT molecular complexity index is 1790. The molecule has 0 spiro atoms. The van der Waals surface area contributed by atoms with Crippen LogP contribution in [0.4, 0.5) is 5.82 Å². The average Bonchev–Trinajstić information content (AvgIpc) is 3.58. The second-order valence-electron chi connectivity index (χ2n) is 11.8. The number of carbonyl (C=O) groups is 3. The molecule has 51 heavy (non-hydrogen) atoms. The Hall–Kier alpha value is -4.53. The van der Waals surface area contributed by atoms with Crippen LogP contribution < -0.4 is 11.5 Å². The van der Waals surface area contributed by atoms with Crippen molar-refractivity contribution in [3.05, 3.63) is 83.9 Å². The number of imidazole rings is 1. The van der Waals surface area contributed by atoms with Gasteiger partial charge in [-0.05, 0) is 18.4 Å². The molecule has 0 bridgehead atoms. The second kappa shape index (κ2) is 19.2. The summed E-state index contributed by atoms with van der Waals surface area (Å²) in [6.45, 7) is 5.44. The monoisotopic (exact) mass is 724 g/mol. The van der Waals surface area contributed by atoms with Crippen molar-refractivity contribution in [2.45, 2.75) is 52.1 Å². The predicted octanol–water partition coefficient (Wildman–Crippen LogP) is 4.49. The van der Waals surface area contributed by atoms with Crippen molar-refractivity contribution < 1.29 is 42.2 Å². The van der Waals surface area contributed by atoms with Gasteiger partial charge in [-0.15, -0.1) is 0 Å². The first-order valence-electron chi connectivity index (χ1n) is 16.7. The number of nitrogen functional groups attached to an aromatic ring is 1. The summed E-state index contributed by atoms with van der Waals surface area (Å²) in [5.74, 6) is -1.54. The standard InChI is InChI=1S/C35H45N6O9P/c1-4-24(2)29(36)35(44)48-19-20-50-51(45,23-46-18-15-41-22-40-30-32(37)38-21-39-33(30)41)49-17-8-16-47-34(43)25(3)26-11-13-28(14-12-26)31(42)27-9-6-5-7-10-27/h5-7,9-14,21-22,24-25,29H,4,8,15-20,23,36H2,1-3H3,(H2,37,38,39)/t24-,25?,29-,51?/m0/s1. The number of ketones is 1. The van der Waals surface area contributed by atoms with Crippen molar-refractivity contribution in [2.75, 3.05) is 45.1 Å². The van der Waals surface area contributed by atoms with E-state index >= 15 is 0 Å². The lowest BCUT2D eigenvalue weighted by molar-refractivity contribution is -0.147. The van der Waals surface area contributed by atoms with Crippen LogP contribution in [0.15, 0.2) is 67.3 Å². The molecule has 0 aliphatic heterocycles. The molecule has 2 unspecified atom stereocenters. The summed E-state index contributed by atoms with van der Waals surface area (Å²) in [4.78, 5) is 50.0. The molecule has 0 saturated carbocycles. The van der Waals surface area contributed by atoms with Gasteiger partial charge in [0, 0.05) is 24.1 Å². The molecule has 0 aliphatic carbocycles. The summed E-state index contributed by atoms with van der Waals surface area (Å²) in [5.41, 5.74) is 14.5. The SMILES string of the molecule is CC[C@H](C)[C@H](N)C(=O)OCCOP(=O)(COCCn1cnc2c(N)ncnc21)OCCCOC(=O)C(C)c1ccc(C(=O)c2ccccc2)cc1. The van der Waals surface area contributed by atoms with Crippen molar-refractivity contribution in [3.8, 4) is 0 Å². The smallest absolute Gasteiger partial charge is 0.356 e. The molecule has 2 heterocycles. The first-order valence-corrected chi connectivity index (χ1v) is 18.4. The van der Waals surface area contributed by atoms with Crippen LogP contribution >= 0.6 is 7.60 Å². The Morgan fingerprint density at radius 2 is 1.53 bits per heavy atom. The number of benzene rings is 2. The van der Waals surface area contributed by atoms with Gasteiger partial charge in [0.2, 0.25) is 0 Å². The van der Waals surface area contributed by atoms with Crippen LogP contribution in [0.1, 0.15) is 61.0 Å². The minimum absolute atomic E-state index is 0.00157. The molecule has 4 atom stereocenters. The van der Waals surface area contributed by atoms with Crippen LogP contribution in [0, 0.1) is 5.92 Å². The third-order valence-electron chi connectivity index (χ3n) is 8.18. The van der Waals surface area contributed by atoms with Crippen LogP contribution in [0.3, 0.4) is 0 Å². The lowest BCUT2D eigenvalue weighted by atomic mass is 9.97. The molecule has 0 saturated heterocycles. The Morgan fingerprint density at radius 1 is 0.843 bits per heavy atom. The van der Waals surface area contributed by atoms with E-state index in [-0.39, 0.29) is 57.0 Å². The Morgan fingerprint density at radius 3 is 2.25 bits per heavy atom. The van der Waals surface area contributed by atoms with E-state index in [0.29, 0.717) is 40.8 Å². The number of hydrogen-bond donors (Lipinski definition) is 2. The normalized spacial score (nSPS) is 14.4. The van der Waals surface area contributed by atoms with Crippen LogP contribution in [-0.2, 0) is 44.0 Å². The summed E-state index contributed by atoms with van der Waals surface area (Å²) in [5, 5.41) is 0. The zero-order valence-corrected chi connectivity index (χ0v) is 29.9. The van der Waals surface area contributed by atoms with Gasteiger partial charge in [0.1, 0.15) is 30.8 Å². The highest BCUT2D eigenvalue weighted by Crippen LogP contribution is 2.48. The summed E-state index contributed by atoms with van der Waals surface area (Å²) in [6.07, 6.45) is 3.42. The van der Waals surface area contributed by atoms with E-state index in [2.05, 4.69) is 15.0 Å². The van der Waals surface area contributed by atoms with Gasteiger partial charge in [0.15, 0.2) is 17.2 Å². The lowest BCUT2D eigenvalue weighted by Gasteiger charge is -2.20. The highest BCUT2D eigenvalue weighted by atomic mass is 31.2. The molecule has 15 nitrogen and oxygen atoms in total. The fraction of sp³-hybridized carbons (Fsp3) is 0.429. The van der Waals surface area contributed by atoms with Gasteiger partial charge in [-0.25, -0.2) is 15.0 Å². The van der Waals surface area contributed by atoms with E-state index in [1.165, 1.54) is 6.33 Å². The van der Waals surface area contributed by atoms with E-state index in [4.69, 9.17) is 34.7 Å². The van der Waals surface area contributed by atoms with Gasteiger partial charge < -0.3 is 39.3 Å². The third kappa shape index (κ3) is 11.2. The minimum atomic E-state index is -3.84. The maximum absolute atomic E-state index is 13.6. The van der Waals surface area contributed by atoms with Gasteiger partial charge in [0.25, 0.3) is 0 Å². The van der Waals surface area contributed by atoms with Crippen molar-refractivity contribution in [1.29, 1.82) is 0 Å². The van der Waals surface area contributed by atoms with Gasteiger partial charge in [-0.2, -0.15) is 0 Å². The van der Waals surface area contributed by atoms with Gasteiger partial charge in [-0.1, -0.05) is 74.9 Å². The third-order valence-corrected chi connectivity index (χ3v) is 9.83. The number of aromatic nitrogens is 4. The fourth-order valence-electron chi connectivity index (χ4n) is 4.79. The first kappa shape index (κ1) is 39.3. The Labute approximate surface area is 296 Å². The van der Waals surface area contributed by atoms with Gasteiger partial charge in [-0.3, -0.25) is 18.9 Å². The molecule has 0 amide bonds. The van der Waals surface area contributed by atoms with Crippen LogP contribution in [0.5, 0.6) is 0 Å². The van der Waals surface area contributed by atoms with E-state index in [0.717, 1.165) is 0 Å². The number of nitrogens with two attached hydrogens (primary N) is 2. The zero-order valence-electron chi connectivity index (χ0n) is 29.0. The van der Waals surface area contributed by atoms with Crippen molar-refractivity contribution in [3.63, 3.8) is 0 Å². The summed E-state index contributed by atoms with van der Waals surface area (Å²) in [6, 6.07) is 15.0. The summed E-state index contributed by atoms with van der Waals surface area (Å²) < 4.78 is 42.8. The number of ether oxygens (including phenoxy) is 3. The number of fused-ring (bicyclic) bond motifs is 1. The second-order valence-corrected chi connectivity index (χ2v) is 13.8. The molecular weight excluding hydrogens is 679 g/mol. The molecule has 2 aromatic heterocycles. The first-order chi connectivity index (χ1) is 24.5. The largest absolute Gasteiger partial charge is 0.465 e. The molecule has 2 aromatic carbocycles. The molecule has 0 fully saturated rings. The topological polar surface area (TPSA) is 210 Å². The highest BCUT2D eigenvalue weighted by Gasteiger charge is 2.27. The van der Waals surface area contributed by atoms with Crippen LogP contribution in [-0.4, -0.2) is 82.7 Å². The zero-order chi connectivity index (χ0) is 36.8. The number of anilines is 1. The number of hydrogen-bond acceptors (Lipinski definition) is 14. The van der Waals surface area contributed by atoms with Crippen molar-refractivity contribution in [1.82, 2.24) is 19.5 Å². The average molecular weight is 725 g/mol. The quantitative estimate of drug-likeness (QED) is 0.0525. The number of esters is 2. The summed E-state index contributed by atoms with van der Waals surface area (Å²) >= 11 is 0. The minimum Gasteiger partial charge on any atom is -0.465 e. The molecule has 16 heteroatoms. The van der Waals surface area contributed by atoms with Crippen LogP contribution in [0.2, 0.25) is 0 Å².